The molecule has 4 nitrogen and oxygen atoms in total. The van der Waals surface area contributed by atoms with E-state index in [1.54, 1.807) is 26.8 Å². The summed E-state index contributed by atoms with van der Waals surface area (Å²) in [4.78, 5) is 11.8. The number of amides is 1. The number of hydrogen-bond donors (Lipinski definition) is 2. The molecule has 0 bridgehead atoms. The smallest absolute Gasteiger partial charge is 0.412 e. The normalized spacial score (nSPS) is 16.0. The molecule has 0 radical (unpaired) electrons. The molecule has 2 N–H and O–H groups in total. The molecule has 1 unspecified atom stereocenters. The van der Waals surface area contributed by atoms with Gasteiger partial charge in [0.1, 0.15) is 11.4 Å². The lowest BCUT2D eigenvalue weighted by molar-refractivity contribution is 0.0636. The number of rotatable bonds is 5. The van der Waals surface area contributed by atoms with Crippen LogP contribution in [0.4, 0.5) is 20.6 Å². The number of carbonyl (C=O) groups excluding carboxylic acids is 1. The zero-order valence-corrected chi connectivity index (χ0v) is 13.7. The van der Waals surface area contributed by atoms with E-state index in [1.165, 1.54) is 25.0 Å². The van der Waals surface area contributed by atoms with Gasteiger partial charge in [-0.3, -0.25) is 5.32 Å². The van der Waals surface area contributed by atoms with Crippen molar-refractivity contribution in [3.8, 4) is 0 Å². The molecule has 1 fully saturated rings. The second kappa shape index (κ2) is 6.55. The number of ether oxygens (including phenoxy) is 1. The standard InChI is InChI=1S/C17H25FN2O2/c1-11(9-12-5-6-12)19-15-10-13(7-8-14(15)18)20-16(21)22-17(2,3)4/h7-8,10-12,19H,5-6,9H2,1-4H3,(H,20,21). The first-order chi connectivity index (χ1) is 10.2. The Morgan fingerprint density at radius 3 is 2.68 bits per heavy atom. The van der Waals surface area contributed by atoms with Gasteiger partial charge in [-0.05, 0) is 58.2 Å². The molecule has 1 saturated carbocycles. The summed E-state index contributed by atoms with van der Waals surface area (Å²) in [6.07, 6.45) is 3.04. The van der Waals surface area contributed by atoms with Gasteiger partial charge in [-0.25, -0.2) is 9.18 Å². The maximum absolute atomic E-state index is 13.9. The van der Waals surface area contributed by atoms with Crippen LogP contribution in [0.1, 0.15) is 47.0 Å². The summed E-state index contributed by atoms with van der Waals surface area (Å²) >= 11 is 0. The molecule has 1 aliphatic rings. The number of nitrogens with one attached hydrogen (secondary N) is 2. The minimum absolute atomic E-state index is 0.207. The molecule has 1 aromatic carbocycles. The molecule has 0 saturated heterocycles. The van der Waals surface area contributed by atoms with Crippen LogP contribution in [0.15, 0.2) is 18.2 Å². The van der Waals surface area contributed by atoms with E-state index >= 15 is 0 Å². The first-order valence-electron chi connectivity index (χ1n) is 7.79. The molecule has 0 aromatic heterocycles. The third-order valence-corrected chi connectivity index (χ3v) is 3.40. The van der Waals surface area contributed by atoms with Crippen molar-refractivity contribution in [1.29, 1.82) is 0 Å². The monoisotopic (exact) mass is 308 g/mol. The van der Waals surface area contributed by atoms with E-state index in [2.05, 4.69) is 10.6 Å². The third-order valence-electron chi connectivity index (χ3n) is 3.40. The molecular weight excluding hydrogens is 283 g/mol. The Hall–Kier alpha value is -1.78. The fraction of sp³-hybridized carbons (Fsp3) is 0.588. The molecule has 0 spiro atoms. The average molecular weight is 308 g/mol. The van der Waals surface area contributed by atoms with E-state index in [9.17, 15) is 9.18 Å². The summed E-state index contributed by atoms with van der Waals surface area (Å²) in [5.41, 5.74) is 0.350. The second-order valence-corrected chi connectivity index (χ2v) is 7.05. The maximum Gasteiger partial charge on any atom is 0.412 e. The predicted molar refractivity (Wildman–Crippen MR) is 86.7 cm³/mol. The van der Waals surface area contributed by atoms with Crippen LogP contribution in [-0.2, 0) is 4.74 Å². The highest BCUT2D eigenvalue weighted by atomic mass is 19.1. The summed E-state index contributed by atoms with van der Waals surface area (Å²) in [6.45, 7) is 7.43. The van der Waals surface area contributed by atoms with Gasteiger partial charge in [0, 0.05) is 11.7 Å². The Balaban J connectivity index is 1.97. The molecule has 1 atom stereocenters. The first-order valence-corrected chi connectivity index (χ1v) is 7.79. The minimum atomic E-state index is -0.566. The lowest BCUT2D eigenvalue weighted by atomic mass is 10.1. The number of halogens is 1. The van der Waals surface area contributed by atoms with Gasteiger partial charge < -0.3 is 10.1 Å². The van der Waals surface area contributed by atoms with E-state index in [0.29, 0.717) is 11.4 Å². The average Bonchev–Trinajstić information content (AvgIpc) is 3.14. The highest BCUT2D eigenvalue weighted by Gasteiger charge is 2.24. The Morgan fingerprint density at radius 2 is 2.09 bits per heavy atom. The van der Waals surface area contributed by atoms with Gasteiger partial charge in [0.2, 0.25) is 0 Å². The summed E-state index contributed by atoms with van der Waals surface area (Å²) in [7, 11) is 0. The van der Waals surface area contributed by atoms with Crippen LogP contribution in [0.3, 0.4) is 0 Å². The highest BCUT2D eigenvalue weighted by molar-refractivity contribution is 5.85. The quantitative estimate of drug-likeness (QED) is 0.823. The molecule has 122 valence electrons. The van der Waals surface area contributed by atoms with Crippen molar-refractivity contribution < 1.29 is 13.9 Å². The maximum atomic E-state index is 13.9. The van der Waals surface area contributed by atoms with Crippen LogP contribution in [0.2, 0.25) is 0 Å². The molecule has 2 rings (SSSR count). The fourth-order valence-corrected chi connectivity index (χ4v) is 2.31. The molecule has 1 aliphatic carbocycles. The lowest BCUT2D eigenvalue weighted by Crippen LogP contribution is -2.27. The summed E-state index contributed by atoms with van der Waals surface area (Å²) in [5.74, 6) is 0.450. The molecule has 1 aromatic rings. The van der Waals surface area contributed by atoms with E-state index in [0.717, 1.165) is 12.3 Å². The van der Waals surface area contributed by atoms with Crippen molar-refractivity contribution in [3.05, 3.63) is 24.0 Å². The number of anilines is 2. The van der Waals surface area contributed by atoms with E-state index in [-0.39, 0.29) is 11.9 Å². The van der Waals surface area contributed by atoms with Gasteiger partial charge in [-0.1, -0.05) is 12.8 Å². The number of carbonyl (C=O) groups is 1. The zero-order chi connectivity index (χ0) is 16.3. The van der Waals surface area contributed by atoms with Crippen molar-refractivity contribution in [1.82, 2.24) is 0 Å². The first kappa shape index (κ1) is 16.6. The molecule has 0 heterocycles. The van der Waals surface area contributed by atoms with Gasteiger partial charge in [0.25, 0.3) is 0 Å². The topological polar surface area (TPSA) is 50.4 Å². The van der Waals surface area contributed by atoms with Crippen molar-refractivity contribution in [2.24, 2.45) is 5.92 Å². The van der Waals surface area contributed by atoms with Gasteiger partial charge in [-0.2, -0.15) is 0 Å². The number of hydrogen-bond acceptors (Lipinski definition) is 3. The molecule has 5 heteroatoms. The lowest BCUT2D eigenvalue weighted by Gasteiger charge is -2.20. The Kier molecular flexibility index (Phi) is 4.94. The van der Waals surface area contributed by atoms with Gasteiger partial charge in [0.05, 0.1) is 5.69 Å². The Bertz CT molecular complexity index is 536. The van der Waals surface area contributed by atoms with Gasteiger partial charge >= 0.3 is 6.09 Å². The van der Waals surface area contributed by atoms with E-state index < -0.39 is 11.7 Å². The van der Waals surface area contributed by atoms with Crippen LogP contribution in [0.25, 0.3) is 0 Å². The summed E-state index contributed by atoms with van der Waals surface area (Å²) in [5, 5.41) is 5.80. The van der Waals surface area contributed by atoms with E-state index in [4.69, 9.17) is 4.74 Å². The zero-order valence-electron chi connectivity index (χ0n) is 13.7. The number of benzene rings is 1. The van der Waals surface area contributed by atoms with Crippen LogP contribution in [0.5, 0.6) is 0 Å². The van der Waals surface area contributed by atoms with Crippen molar-refractivity contribution in [3.63, 3.8) is 0 Å². The molecule has 22 heavy (non-hydrogen) atoms. The minimum Gasteiger partial charge on any atom is -0.444 e. The van der Waals surface area contributed by atoms with Crippen LogP contribution < -0.4 is 10.6 Å². The predicted octanol–water partition coefficient (Wildman–Crippen LogP) is 4.77. The van der Waals surface area contributed by atoms with Gasteiger partial charge in [-0.15, -0.1) is 0 Å². The summed E-state index contributed by atoms with van der Waals surface area (Å²) in [6, 6.07) is 4.68. The second-order valence-electron chi connectivity index (χ2n) is 7.05. The molecule has 0 aliphatic heterocycles. The van der Waals surface area contributed by atoms with Crippen LogP contribution in [-0.4, -0.2) is 17.7 Å². The van der Waals surface area contributed by atoms with E-state index in [1.807, 2.05) is 6.92 Å². The largest absolute Gasteiger partial charge is 0.444 e. The molecule has 1 amide bonds. The van der Waals surface area contributed by atoms with Crippen LogP contribution >= 0.6 is 0 Å². The fourth-order valence-electron chi connectivity index (χ4n) is 2.31. The van der Waals surface area contributed by atoms with Crippen molar-refractivity contribution >= 4 is 17.5 Å². The highest BCUT2D eigenvalue weighted by Crippen LogP contribution is 2.34. The Morgan fingerprint density at radius 1 is 1.41 bits per heavy atom. The van der Waals surface area contributed by atoms with Crippen molar-refractivity contribution in [2.75, 3.05) is 10.6 Å². The third kappa shape index (κ3) is 5.54. The van der Waals surface area contributed by atoms with Gasteiger partial charge in [0.15, 0.2) is 0 Å². The van der Waals surface area contributed by atoms with Crippen LogP contribution in [0, 0.1) is 11.7 Å². The SMILES string of the molecule is CC(CC1CC1)Nc1cc(NC(=O)OC(C)(C)C)ccc1F. The Labute approximate surface area is 131 Å². The molecular formula is C17H25FN2O2. The summed E-state index contributed by atoms with van der Waals surface area (Å²) < 4.78 is 19.1. The van der Waals surface area contributed by atoms with Crippen molar-refractivity contribution in [2.45, 2.75) is 58.6 Å².